The zero-order valence-corrected chi connectivity index (χ0v) is 8.12. The second-order valence-electron chi connectivity index (χ2n) is 2.89. The molecule has 1 amide bonds. The molecule has 0 saturated carbocycles. The van der Waals surface area contributed by atoms with Crippen LogP contribution in [-0.4, -0.2) is 16.1 Å². The largest absolute Gasteiger partial charge is 0.364 e. The lowest BCUT2D eigenvalue weighted by Gasteiger charge is -2.02. The van der Waals surface area contributed by atoms with Crippen molar-refractivity contribution in [3.63, 3.8) is 0 Å². The van der Waals surface area contributed by atoms with Crippen molar-refractivity contribution in [2.75, 3.05) is 0 Å². The number of fused-ring (bicyclic) bond motifs is 1. The smallest absolute Gasteiger partial charge is 0.270 e. The van der Waals surface area contributed by atoms with Gasteiger partial charge in [0, 0.05) is 5.39 Å². The molecule has 0 spiro atoms. The van der Waals surface area contributed by atoms with Crippen LogP contribution in [0.5, 0.6) is 0 Å². The Morgan fingerprint density at radius 2 is 2.13 bits per heavy atom. The molecule has 4 nitrogen and oxygen atoms in total. The molecule has 0 aliphatic heterocycles. The first-order valence-electron chi connectivity index (χ1n) is 4.01. The Morgan fingerprint density at radius 3 is 2.80 bits per heavy atom. The molecular formula is C9H5ClFN3O. The monoisotopic (exact) mass is 225 g/mol. The molecule has 0 atom stereocenters. The summed E-state index contributed by atoms with van der Waals surface area (Å²) in [6, 6.07) is 3.84. The normalized spacial score (nSPS) is 10.5. The van der Waals surface area contributed by atoms with Crippen LogP contribution in [0.25, 0.3) is 10.9 Å². The van der Waals surface area contributed by atoms with Crippen molar-refractivity contribution >= 4 is 28.4 Å². The van der Waals surface area contributed by atoms with Crippen LogP contribution in [0.3, 0.4) is 0 Å². The molecular weight excluding hydrogens is 221 g/mol. The van der Waals surface area contributed by atoms with Gasteiger partial charge in [0.2, 0.25) is 0 Å². The van der Waals surface area contributed by atoms with E-state index in [1.165, 1.54) is 18.2 Å². The number of carbonyl (C=O) groups excluding carboxylic acids is 1. The van der Waals surface area contributed by atoms with Gasteiger partial charge < -0.3 is 5.73 Å². The molecule has 0 saturated heterocycles. The Morgan fingerprint density at radius 1 is 1.40 bits per heavy atom. The lowest BCUT2D eigenvalue weighted by Crippen LogP contribution is -2.14. The van der Waals surface area contributed by atoms with Gasteiger partial charge in [0.05, 0.1) is 10.5 Å². The highest BCUT2D eigenvalue weighted by Gasteiger charge is 2.13. The molecule has 2 N–H and O–H groups in total. The lowest BCUT2D eigenvalue weighted by molar-refractivity contribution is 0.0995. The molecule has 15 heavy (non-hydrogen) atoms. The van der Waals surface area contributed by atoms with Crippen LogP contribution in [0.2, 0.25) is 5.02 Å². The summed E-state index contributed by atoms with van der Waals surface area (Å²) in [5.74, 6) is -1.26. The number of hydrogen-bond acceptors (Lipinski definition) is 3. The quantitative estimate of drug-likeness (QED) is 0.800. The fraction of sp³-hybridized carbons (Fsp3) is 0. The summed E-state index contributed by atoms with van der Waals surface area (Å²) in [6.45, 7) is 0. The van der Waals surface area contributed by atoms with Gasteiger partial charge in [-0.25, -0.2) is 4.39 Å². The zero-order chi connectivity index (χ0) is 11.0. The fourth-order valence-corrected chi connectivity index (χ4v) is 1.49. The van der Waals surface area contributed by atoms with Crippen LogP contribution in [0.1, 0.15) is 10.5 Å². The van der Waals surface area contributed by atoms with E-state index in [1.807, 2.05) is 0 Å². The summed E-state index contributed by atoms with van der Waals surface area (Å²) in [4.78, 5) is 10.9. The standard InChI is InChI=1S/C9H5ClFN3O/c10-7-5-3-4(11)1-2-6(5)13-14-8(7)9(12)15/h1-3H,(H2,12,15). The molecule has 76 valence electrons. The number of halogens is 2. The van der Waals surface area contributed by atoms with Crippen LogP contribution in [0, 0.1) is 5.82 Å². The van der Waals surface area contributed by atoms with E-state index in [0.717, 1.165) is 0 Å². The van der Waals surface area contributed by atoms with Gasteiger partial charge in [0.1, 0.15) is 5.82 Å². The predicted molar refractivity (Wildman–Crippen MR) is 53.0 cm³/mol. The zero-order valence-electron chi connectivity index (χ0n) is 7.37. The number of rotatable bonds is 1. The first-order chi connectivity index (χ1) is 7.09. The van der Waals surface area contributed by atoms with Crippen LogP contribution in [0.15, 0.2) is 18.2 Å². The van der Waals surface area contributed by atoms with Crippen molar-refractivity contribution in [3.05, 3.63) is 34.7 Å². The number of aromatic nitrogens is 2. The van der Waals surface area contributed by atoms with E-state index in [2.05, 4.69) is 10.2 Å². The number of nitrogens with zero attached hydrogens (tertiary/aromatic N) is 2. The predicted octanol–water partition coefficient (Wildman–Crippen LogP) is 1.52. The number of benzene rings is 1. The van der Waals surface area contributed by atoms with E-state index >= 15 is 0 Å². The third kappa shape index (κ3) is 1.61. The Kier molecular flexibility index (Phi) is 2.24. The number of nitrogens with two attached hydrogens (primary N) is 1. The van der Waals surface area contributed by atoms with E-state index in [0.29, 0.717) is 10.9 Å². The third-order valence-electron chi connectivity index (χ3n) is 1.89. The molecule has 2 rings (SSSR count). The Bertz CT molecular complexity index is 558. The van der Waals surface area contributed by atoms with Gasteiger partial charge in [-0.05, 0) is 18.2 Å². The van der Waals surface area contributed by atoms with Gasteiger partial charge in [-0.1, -0.05) is 11.6 Å². The number of amides is 1. The molecule has 0 radical (unpaired) electrons. The summed E-state index contributed by atoms with van der Waals surface area (Å²) >= 11 is 5.84. The molecule has 0 aliphatic rings. The Labute approximate surface area is 88.9 Å². The molecule has 0 unspecified atom stereocenters. The van der Waals surface area contributed by atoms with E-state index in [9.17, 15) is 9.18 Å². The van der Waals surface area contributed by atoms with E-state index in [-0.39, 0.29) is 10.7 Å². The average molecular weight is 226 g/mol. The van der Waals surface area contributed by atoms with Crippen molar-refractivity contribution in [1.82, 2.24) is 10.2 Å². The van der Waals surface area contributed by atoms with Gasteiger partial charge in [-0.3, -0.25) is 4.79 Å². The topological polar surface area (TPSA) is 68.9 Å². The van der Waals surface area contributed by atoms with Crippen LogP contribution in [0.4, 0.5) is 4.39 Å². The summed E-state index contributed by atoms with van der Waals surface area (Å²) < 4.78 is 12.9. The Hall–Kier alpha value is -1.75. The first kappa shape index (κ1) is 9.79. The van der Waals surface area contributed by atoms with Gasteiger partial charge in [0.25, 0.3) is 5.91 Å². The summed E-state index contributed by atoms with van der Waals surface area (Å²) in [5.41, 5.74) is 5.28. The van der Waals surface area contributed by atoms with Gasteiger partial charge in [0.15, 0.2) is 5.69 Å². The third-order valence-corrected chi connectivity index (χ3v) is 2.28. The van der Waals surface area contributed by atoms with Gasteiger partial charge >= 0.3 is 0 Å². The first-order valence-corrected chi connectivity index (χ1v) is 4.38. The van der Waals surface area contributed by atoms with Crippen molar-refractivity contribution in [3.8, 4) is 0 Å². The summed E-state index contributed by atoms with van der Waals surface area (Å²) in [6.07, 6.45) is 0. The van der Waals surface area contributed by atoms with Gasteiger partial charge in [-0.15, -0.1) is 10.2 Å². The summed E-state index contributed by atoms with van der Waals surface area (Å²) in [5, 5.41) is 7.60. The maximum absolute atomic E-state index is 12.9. The van der Waals surface area contributed by atoms with Crippen LogP contribution >= 0.6 is 11.6 Å². The van der Waals surface area contributed by atoms with Gasteiger partial charge in [-0.2, -0.15) is 0 Å². The van der Waals surface area contributed by atoms with Crippen molar-refractivity contribution in [1.29, 1.82) is 0 Å². The molecule has 0 aliphatic carbocycles. The molecule has 6 heteroatoms. The van der Waals surface area contributed by atoms with Crippen molar-refractivity contribution in [2.24, 2.45) is 5.73 Å². The molecule has 0 bridgehead atoms. The number of primary amides is 1. The Balaban J connectivity index is 2.82. The second-order valence-corrected chi connectivity index (χ2v) is 3.27. The van der Waals surface area contributed by atoms with E-state index < -0.39 is 11.7 Å². The molecule has 1 aromatic heterocycles. The maximum Gasteiger partial charge on any atom is 0.270 e. The highest BCUT2D eigenvalue weighted by Crippen LogP contribution is 2.24. The molecule has 0 fully saturated rings. The van der Waals surface area contributed by atoms with E-state index in [1.54, 1.807) is 0 Å². The second kappa shape index (κ2) is 3.43. The minimum Gasteiger partial charge on any atom is -0.364 e. The molecule has 2 aromatic rings. The van der Waals surface area contributed by atoms with E-state index in [4.69, 9.17) is 17.3 Å². The lowest BCUT2D eigenvalue weighted by atomic mass is 10.2. The van der Waals surface area contributed by atoms with Crippen molar-refractivity contribution < 1.29 is 9.18 Å². The highest BCUT2D eigenvalue weighted by molar-refractivity contribution is 6.38. The molecule has 1 aromatic carbocycles. The number of hydrogen-bond donors (Lipinski definition) is 1. The van der Waals surface area contributed by atoms with Crippen LogP contribution in [-0.2, 0) is 0 Å². The maximum atomic E-state index is 12.9. The van der Waals surface area contributed by atoms with Crippen molar-refractivity contribution in [2.45, 2.75) is 0 Å². The molecule has 1 heterocycles. The number of carbonyl (C=O) groups is 1. The van der Waals surface area contributed by atoms with Crippen LogP contribution < -0.4 is 5.73 Å². The minimum atomic E-state index is -0.793. The summed E-state index contributed by atoms with van der Waals surface area (Å²) in [7, 11) is 0. The highest BCUT2D eigenvalue weighted by atomic mass is 35.5. The SMILES string of the molecule is NC(=O)c1nnc2ccc(F)cc2c1Cl. The minimum absolute atomic E-state index is 0.0204. The fourth-order valence-electron chi connectivity index (χ4n) is 1.20. The average Bonchev–Trinajstić information content (AvgIpc) is 2.19.